The zero-order valence-corrected chi connectivity index (χ0v) is 10.7. The van der Waals surface area contributed by atoms with E-state index in [9.17, 15) is 0 Å². The molecule has 80 valence electrons. The first-order chi connectivity index (χ1) is 7.25. The maximum atomic E-state index is 5.83. The Hall–Kier alpha value is -0.480. The third-order valence-corrected chi connectivity index (χ3v) is 4.17. The maximum Gasteiger partial charge on any atom is 0.104 e. The minimum absolute atomic E-state index is 0.518. The molecule has 0 heterocycles. The van der Waals surface area contributed by atoms with E-state index in [0.717, 1.165) is 16.1 Å². The molecule has 0 atom stereocenters. The molecule has 1 aliphatic rings. The largest absolute Gasteiger partial charge is 0.387 e. The fraction of sp³-hybridized carbons (Fsp3) is 0.364. The topological polar surface area (TPSA) is 38.4 Å². The molecule has 0 spiro atoms. The summed E-state index contributed by atoms with van der Waals surface area (Å²) in [4.78, 5) is 5.61. The van der Waals surface area contributed by atoms with Gasteiger partial charge in [-0.3, -0.25) is 4.99 Å². The van der Waals surface area contributed by atoms with Crippen LogP contribution in [-0.2, 0) is 0 Å². The average molecular weight is 285 g/mol. The molecule has 0 amide bonds. The van der Waals surface area contributed by atoms with Gasteiger partial charge in [0.2, 0.25) is 0 Å². The van der Waals surface area contributed by atoms with E-state index in [4.69, 9.17) is 5.73 Å². The Morgan fingerprint density at radius 2 is 2.20 bits per heavy atom. The van der Waals surface area contributed by atoms with Crippen LogP contribution in [0.1, 0.15) is 12.8 Å². The van der Waals surface area contributed by atoms with Crippen molar-refractivity contribution in [3.05, 3.63) is 28.7 Å². The number of rotatable bonds is 4. The predicted molar refractivity (Wildman–Crippen MR) is 69.5 cm³/mol. The summed E-state index contributed by atoms with van der Waals surface area (Å²) >= 11 is 5.23. The van der Waals surface area contributed by atoms with Gasteiger partial charge in [-0.25, -0.2) is 0 Å². The average Bonchev–Trinajstić information content (AvgIpc) is 3.00. The van der Waals surface area contributed by atoms with E-state index in [1.54, 1.807) is 11.8 Å². The normalized spacial score (nSPS) is 16.7. The van der Waals surface area contributed by atoms with Crippen LogP contribution in [0.2, 0.25) is 0 Å². The van der Waals surface area contributed by atoms with Gasteiger partial charge in [0.25, 0.3) is 0 Å². The summed E-state index contributed by atoms with van der Waals surface area (Å²) in [6.45, 7) is 0. The van der Waals surface area contributed by atoms with Crippen LogP contribution in [0.3, 0.4) is 0 Å². The highest BCUT2D eigenvalue weighted by molar-refractivity contribution is 9.10. The molecule has 0 aliphatic heterocycles. The summed E-state index contributed by atoms with van der Waals surface area (Å²) in [5.74, 6) is 1.54. The molecule has 1 aliphatic carbocycles. The lowest BCUT2D eigenvalue weighted by atomic mass is 10.4. The molecule has 1 saturated carbocycles. The van der Waals surface area contributed by atoms with Gasteiger partial charge in [-0.05, 0) is 40.9 Å². The fourth-order valence-electron chi connectivity index (χ4n) is 1.19. The van der Waals surface area contributed by atoms with E-state index >= 15 is 0 Å². The fourth-order valence-corrected chi connectivity index (χ4v) is 2.58. The lowest BCUT2D eigenvalue weighted by Gasteiger charge is -2.03. The number of aliphatic imine (C=N–C) groups is 1. The molecular weight excluding hydrogens is 272 g/mol. The number of thioether (sulfide) groups is 1. The van der Waals surface area contributed by atoms with Gasteiger partial charge in [-0.15, -0.1) is 11.8 Å². The summed E-state index contributed by atoms with van der Waals surface area (Å²) in [5.41, 5.74) is 5.83. The zero-order chi connectivity index (χ0) is 10.7. The Morgan fingerprint density at radius 3 is 2.87 bits per heavy atom. The Kier molecular flexibility index (Phi) is 3.70. The Bertz CT molecular complexity index is 375. The van der Waals surface area contributed by atoms with E-state index in [1.165, 1.54) is 17.7 Å². The molecule has 1 aromatic rings. The van der Waals surface area contributed by atoms with E-state index in [1.807, 2.05) is 18.2 Å². The standard InChI is InChI=1S/C11H13BrN2S/c12-9-3-1-2-4-10(9)15-7-11(13)14-8-5-6-8/h1-4,8H,5-7H2,(H2,13,14). The SMILES string of the molecule is NC(CSc1ccccc1Br)=NC1CC1. The molecule has 15 heavy (non-hydrogen) atoms. The van der Waals surface area contributed by atoms with Crippen LogP contribution >= 0.6 is 27.7 Å². The van der Waals surface area contributed by atoms with Gasteiger partial charge in [0.1, 0.15) is 5.84 Å². The molecule has 1 fully saturated rings. The van der Waals surface area contributed by atoms with Crippen molar-refractivity contribution in [2.45, 2.75) is 23.8 Å². The number of nitrogens with zero attached hydrogens (tertiary/aromatic N) is 1. The van der Waals surface area contributed by atoms with Gasteiger partial charge in [0.05, 0.1) is 11.8 Å². The minimum atomic E-state index is 0.518. The predicted octanol–water partition coefficient (Wildman–Crippen LogP) is 3.06. The van der Waals surface area contributed by atoms with Crippen LogP contribution < -0.4 is 5.73 Å². The van der Waals surface area contributed by atoms with Crippen LogP contribution in [-0.4, -0.2) is 17.6 Å². The Balaban J connectivity index is 1.89. The highest BCUT2D eigenvalue weighted by atomic mass is 79.9. The van der Waals surface area contributed by atoms with Crippen LogP contribution in [0.25, 0.3) is 0 Å². The lowest BCUT2D eigenvalue weighted by molar-refractivity contribution is 1.06. The number of nitrogens with two attached hydrogens (primary N) is 1. The first kappa shape index (κ1) is 11.0. The van der Waals surface area contributed by atoms with Crippen LogP contribution in [0.4, 0.5) is 0 Å². The van der Waals surface area contributed by atoms with Crippen molar-refractivity contribution in [2.75, 3.05) is 5.75 Å². The molecule has 4 heteroatoms. The first-order valence-corrected chi connectivity index (χ1v) is 6.73. The summed E-state index contributed by atoms with van der Waals surface area (Å²) in [5, 5.41) is 0. The van der Waals surface area contributed by atoms with Crippen LogP contribution in [0.5, 0.6) is 0 Å². The molecule has 0 unspecified atom stereocenters. The van der Waals surface area contributed by atoms with E-state index in [2.05, 4.69) is 27.0 Å². The molecule has 2 N–H and O–H groups in total. The van der Waals surface area contributed by atoms with Crippen molar-refractivity contribution < 1.29 is 0 Å². The van der Waals surface area contributed by atoms with Crippen molar-refractivity contribution in [3.8, 4) is 0 Å². The Labute approximate surface area is 102 Å². The summed E-state index contributed by atoms with van der Waals surface area (Å²) < 4.78 is 1.12. The van der Waals surface area contributed by atoms with Crippen LogP contribution in [0, 0.1) is 0 Å². The molecule has 0 aromatic heterocycles. The summed E-state index contributed by atoms with van der Waals surface area (Å²) in [6, 6.07) is 8.68. The molecule has 0 bridgehead atoms. The van der Waals surface area contributed by atoms with Crippen molar-refractivity contribution in [1.82, 2.24) is 0 Å². The highest BCUT2D eigenvalue weighted by Crippen LogP contribution is 2.27. The van der Waals surface area contributed by atoms with Crippen molar-refractivity contribution >= 4 is 33.5 Å². The Morgan fingerprint density at radius 1 is 1.47 bits per heavy atom. The van der Waals surface area contributed by atoms with Gasteiger partial charge < -0.3 is 5.73 Å². The molecule has 0 radical (unpaired) electrons. The summed E-state index contributed by atoms with van der Waals surface area (Å²) in [7, 11) is 0. The number of amidine groups is 1. The zero-order valence-electron chi connectivity index (χ0n) is 8.32. The second-order valence-corrected chi connectivity index (χ2v) is 5.44. The molecule has 2 nitrogen and oxygen atoms in total. The van der Waals surface area contributed by atoms with Gasteiger partial charge in [0, 0.05) is 9.37 Å². The molecule has 0 saturated heterocycles. The first-order valence-electron chi connectivity index (χ1n) is 4.95. The van der Waals surface area contributed by atoms with Gasteiger partial charge in [-0.2, -0.15) is 0 Å². The third-order valence-electron chi connectivity index (χ3n) is 2.11. The molecule has 2 rings (SSSR count). The molecular formula is C11H13BrN2S. The highest BCUT2D eigenvalue weighted by Gasteiger charge is 2.20. The van der Waals surface area contributed by atoms with Crippen LogP contribution in [0.15, 0.2) is 38.6 Å². The maximum absolute atomic E-state index is 5.83. The molecule has 1 aromatic carbocycles. The van der Waals surface area contributed by atoms with Crippen molar-refractivity contribution in [1.29, 1.82) is 0 Å². The number of halogens is 1. The summed E-state index contributed by atoms with van der Waals surface area (Å²) in [6.07, 6.45) is 2.42. The van der Waals surface area contributed by atoms with E-state index in [-0.39, 0.29) is 0 Å². The van der Waals surface area contributed by atoms with Gasteiger partial charge in [0.15, 0.2) is 0 Å². The second kappa shape index (κ2) is 5.03. The smallest absolute Gasteiger partial charge is 0.104 e. The van der Waals surface area contributed by atoms with E-state index in [0.29, 0.717) is 6.04 Å². The van der Waals surface area contributed by atoms with Crippen molar-refractivity contribution in [3.63, 3.8) is 0 Å². The third kappa shape index (κ3) is 3.54. The van der Waals surface area contributed by atoms with E-state index < -0.39 is 0 Å². The van der Waals surface area contributed by atoms with Gasteiger partial charge >= 0.3 is 0 Å². The quantitative estimate of drug-likeness (QED) is 0.524. The number of benzene rings is 1. The lowest BCUT2D eigenvalue weighted by Crippen LogP contribution is -2.15. The monoisotopic (exact) mass is 284 g/mol. The number of hydrogen-bond donors (Lipinski definition) is 1. The van der Waals surface area contributed by atoms with Crippen molar-refractivity contribution in [2.24, 2.45) is 10.7 Å². The van der Waals surface area contributed by atoms with Gasteiger partial charge in [-0.1, -0.05) is 12.1 Å². The second-order valence-electron chi connectivity index (χ2n) is 3.57. The number of hydrogen-bond acceptors (Lipinski definition) is 2. The minimum Gasteiger partial charge on any atom is -0.387 e.